The molecule has 0 spiro atoms. The molecule has 3 unspecified atom stereocenters. The van der Waals surface area contributed by atoms with Crippen molar-refractivity contribution in [2.75, 3.05) is 7.05 Å². The van der Waals surface area contributed by atoms with E-state index < -0.39 is 5.41 Å². The van der Waals surface area contributed by atoms with Crippen LogP contribution in [0.15, 0.2) is 40.6 Å². The van der Waals surface area contributed by atoms with E-state index in [0.29, 0.717) is 23.2 Å². The summed E-state index contributed by atoms with van der Waals surface area (Å²) in [5.41, 5.74) is 0.438. The Morgan fingerprint density at radius 2 is 1.93 bits per heavy atom. The third-order valence-corrected chi connectivity index (χ3v) is 7.66. The highest BCUT2D eigenvalue weighted by atomic mass is 19.1. The molecule has 5 heteroatoms. The summed E-state index contributed by atoms with van der Waals surface area (Å²) in [5, 5.41) is 11.4. The first-order valence-corrected chi connectivity index (χ1v) is 10.8. The van der Waals surface area contributed by atoms with Crippen molar-refractivity contribution in [3.63, 3.8) is 0 Å². The molecule has 1 N–H and O–H groups in total. The number of nitrogens with one attached hydrogen (secondary N) is 1. The number of allylic oxidation sites excluding steroid dienone is 1. The Labute approximate surface area is 174 Å². The number of rotatable bonds is 6. The van der Waals surface area contributed by atoms with Gasteiger partial charge in [0.1, 0.15) is 5.82 Å². The van der Waals surface area contributed by atoms with Crippen molar-refractivity contribution < 1.29 is 9.18 Å². The van der Waals surface area contributed by atoms with Crippen LogP contribution in [-0.2, 0) is 4.79 Å². The molecule has 0 heterocycles. The summed E-state index contributed by atoms with van der Waals surface area (Å²) >= 11 is 0. The van der Waals surface area contributed by atoms with Gasteiger partial charge < -0.3 is 5.32 Å². The van der Waals surface area contributed by atoms with Crippen molar-refractivity contribution in [2.45, 2.75) is 65.8 Å². The Morgan fingerprint density at radius 3 is 2.52 bits per heavy atom. The summed E-state index contributed by atoms with van der Waals surface area (Å²) in [6.07, 6.45) is 7.25. The fourth-order valence-electron chi connectivity index (χ4n) is 5.08. The number of halogens is 1. The monoisotopic (exact) mass is 399 g/mol. The molecule has 2 fully saturated rings. The summed E-state index contributed by atoms with van der Waals surface area (Å²) in [6.45, 7) is 8.67. The molecular weight excluding hydrogens is 365 g/mol. The van der Waals surface area contributed by atoms with E-state index in [2.05, 4.69) is 43.2 Å². The van der Waals surface area contributed by atoms with Gasteiger partial charge in [0.2, 0.25) is 5.91 Å². The van der Waals surface area contributed by atoms with Gasteiger partial charge in [0.15, 0.2) is 0 Å². The first kappa shape index (κ1) is 21.7. The van der Waals surface area contributed by atoms with Crippen LogP contribution in [0.5, 0.6) is 0 Å². The molecule has 2 aliphatic rings. The van der Waals surface area contributed by atoms with E-state index >= 15 is 0 Å². The minimum Gasteiger partial charge on any atom is -0.353 e. The molecule has 1 aromatic carbocycles. The highest BCUT2D eigenvalue weighted by Crippen LogP contribution is 2.58. The average molecular weight is 400 g/mol. The van der Waals surface area contributed by atoms with E-state index in [0.717, 1.165) is 25.7 Å². The second-order valence-electron chi connectivity index (χ2n) is 9.49. The molecule has 158 valence electrons. The fourth-order valence-corrected chi connectivity index (χ4v) is 5.08. The van der Waals surface area contributed by atoms with Gasteiger partial charge in [-0.25, -0.2) is 4.39 Å². The lowest BCUT2D eigenvalue weighted by Crippen LogP contribution is -2.51. The Morgan fingerprint density at radius 1 is 1.24 bits per heavy atom. The molecule has 0 aliphatic heterocycles. The van der Waals surface area contributed by atoms with Crippen LogP contribution in [0.4, 0.5) is 4.39 Å². The molecule has 2 saturated carbocycles. The van der Waals surface area contributed by atoms with E-state index in [4.69, 9.17) is 0 Å². The number of benzene rings is 1. The molecule has 1 aromatic rings. The van der Waals surface area contributed by atoms with E-state index in [1.807, 2.05) is 12.1 Å². The van der Waals surface area contributed by atoms with Crippen LogP contribution >= 0.6 is 0 Å². The van der Waals surface area contributed by atoms with Gasteiger partial charge in [-0.05, 0) is 61.5 Å². The van der Waals surface area contributed by atoms with Gasteiger partial charge >= 0.3 is 0 Å². The summed E-state index contributed by atoms with van der Waals surface area (Å²) in [7, 11) is 1.60. The molecule has 3 rings (SSSR count). The Kier molecular flexibility index (Phi) is 6.25. The van der Waals surface area contributed by atoms with Crippen LogP contribution in [0.25, 0.3) is 5.70 Å². The lowest BCUT2D eigenvalue weighted by Gasteiger charge is -2.43. The van der Waals surface area contributed by atoms with Crippen LogP contribution in [-0.4, -0.2) is 19.0 Å². The molecule has 4 nitrogen and oxygen atoms in total. The third kappa shape index (κ3) is 4.01. The van der Waals surface area contributed by atoms with Crippen molar-refractivity contribution in [3.8, 4) is 0 Å². The largest absolute Gasteiger partial charge is 0.353 e. The average Bonchev–Trinajstić information content (AvgIpc) is 2.88. The topological polar surface area (TPSA) is 53.8 Å². The predicted molar refractivity (Wildman–Crippen MR) is 115 cm³/mol. The number of hydrogen-bond acceptors (Lipinski definition) is 3. The second kappa shape index (κ2) is 8.37. The molecule has 0 aromatic heterocycles. The quantitative estimate of drug-likeness (QED) is 0.586. The SMILES string of the molecule is C/N=N\C(=C/C(C)C1CCC(C)(C(=O)NC2CCC2)C1(C)C)c1ccccc1F. The van der Waals surface area contributed by atoms with E-state index in [-0.39, 0.29) is 23.1 Å². The highest BCUT2D eigenvalue weighted by molar-refractivity contribution is 5.84. The van der Waals surface area contributed by atoms with Gasteiger partial charge in [-0.2, -0.15) is 10.2 Å². The number of nitrogens with zero attached hydrogens (tertiary/aromatic N) is 2. The normalized spacial score (nSPS) is 28.3. The molecule has 0 radical (unpaired) electrons. The minimum absolute atomic E-state index is 0.142. The van der Waals surface area contributed by atoms with Crippen LogP contribution in [0.3, 0.4) is 0 Å². The van der Waals surface area contributed by atoms with Crippen LogP contribution < -0.4 is 5.32 Å². The fraction of sp³-hybridized carbons (Fsp3) is 0.625. The molecule has 0 bridgehead atoms. The van der Waals surface area contributed by atoms with Gasteiger partial charge in [-0.3, -0.25) is 4.79 Å². The number of carbonyl (C=O) groups excluding carboxylic acids is 1. The Hall–Kier alpha value is -2.04. The van der Waals surface area contributed by atoms with Crippen molar-refractivity contribution >= 4 is 11.6 Å². The Balaban J connectivity index is 1.84. The maximum Gasteiger partial charge on any atom is 0.226 e. The van der Waals surface area contributed by atoms with Crippen LogP contribution in [0, 0.1) is 28.5 Å². The van der Waals surface area contributed by atoms with Gasteiger partial charge in [-0.1, -0.05) is 45.9 Å². The van der Waals surface area contributed by atoms with Gasteiger partial charge in [-0.15, -0.1) is 0 Å². The number of azo groups is 1. The Bertz CT molecular complexity index is 812. The number of amides is 1. The molecule has 1 amide bonds. The zero-order chi connectivity index (χ0) is 21.2. The first-order valence-electron chi connectivity index (χ1n) is 10.8. The molecule has 0 saturated heterocycles. The summed E-state index contributed by atoms with van der Waals surface area (Å²) in [6, 6.07) is 7.02. The zero-order valence-corrected chi connectivity index (χ0v) is 18.3. The maximum atomic E-state index is 14.3. The summed E-state index contributed by atoms with van der Waals surface area (Å²) in [5.74, 6) is 0.333. The van der Waals surface area contributed by atoms with Gasteiger partial charge in [0.05, 0.1) is 11.1 Å². The molecule has 3 atom stereocenters. The summed E-state index contributed by atoms with van der Waals surface area (Å²) in [4.78, 5) is 13.1. The van der Waals surface area contributed by atoms with Crippen molar-refractivity contribution in [2.24, 2.45) is 32.9 Å². The van der Waals surface area contributed by atoms with Crippen LogP contribution in [0.1, 0.15) is 65.4 Å². The van der Waals surface area contributed by atoms with E-state index in [1.54, 1.807) is 19.2 Å². The number of carbonyl (C=O) groups is 1. The maximum absolute atomic E-state index is 14.3. The van der Waals surface area contributed by atoms with Crippen molar-refractivity contribution in [1.82, 2.24) is 5.32 Å². The third-order valence-electron chi connectivity index (χ3n) is 7.66. The molecule has 29 heavy (non-hydrogen) atoms. The predicted octanol–water partition coefficient (Wildman–Crippen LogP) is 6.00. The lowest BCUT2D eigenvalue weighted by atomic mass is 9.62. The van der Waals surface area contributed by atoms with Gasteiger partial charge in [0.25, 0.3) is 0 Å². The lowest BCUT2D eigenvalue weighted by molar-refractivity contribution is -0.137. The minimum atomic E-state index is -0.403. The first-order chi connectivity index (χ1) is 13.7. The number of hydrogen-bond donors (Lipinski definition) is 1. The van der Waals surface area contributed by atoms with Crippen molar-refractivity contribution in [3.05, 3.63) is 41.7 Å². The van der Waals surface area contributed by atoms with Crippen molar-refractivity contribution in [1.29, 1.82) is 0 Å². The van der Waals surface area contributed by atoms with E-state index in [1.165, 1.54) is 12.5 Å². The van der Waals surface area contributed by atoms with Crippen LogP contribution in [0.2, 0.25) is 0 Å². The van der Waals surface area contributed by atoms with E-state index in [9.17, 15) is 9.18 Å². The van der Waals surface area contributed by atoms with Gasteiger partial charge in [0, 0.05) is 18.7 Å². The second-order valence-corrected chi connectivity index (χ2v) is 9.49. The molecule has 2 aliphatic carbocycles. The zero-order valence-electron chi connectivity index (χ0n) is 18.3. The highest BCUT2D eigenvalue weighted by Gasteiger charge is 2.56. The molecular formula is C24H34FN3O. The summed E-state index contributed by atoms with van der Waals surface area (Å²) < 4.78 is 14.3. The smallest absolute Gasteiger partial charge is 0.226 e. The standard InChI is InChI=1S/C24H34FN3O/c1-16(15-21(28-26-5)18-11-6-7-12-20(18)25)19-13-14-24(4,23(19,2)3)22(29)27-17-9-8-10-17/h6-7,11-12,15-17,19H,8-10,13-14H2,1-5H3,(H,27,29)/b21-15-,28-26-.